The number of amides is 1. The van der Waals surface area contributed by atoms with E-state index in [9.17, 15) is 9.59 Å². The fourth-order valence-corrected chi connectivity index (χ4v) is 2.19. The molecule has 0 aliphatic carbocycles. The topological polar surface area (TPSA) is 66.4 Å². The molecule has 1 amide bonds. The number of carbonyl (C=O) groups is 2. The molecule has 5 heteroatoms. The summed E-state index contributed by atoms with van der Waals surface area (Å²) >= 11 is 2.03. The maximum absolute atomic E-state index is 12.1. The standard InChI is InChI=1S/C15H12INO3/c1-9-2-4-10(5-3-9)14(18)17-13-7-6-11(16)8-12(13)15(19)20/h2-8H,1H3,(H,17,18)(H,19,20). The van der Waals surface area contributed by atoms with Gasteiger partial charge in [-0.1, -0.05) is 17.7 Å². The molecule has 2 N–H and O–H groups in total. The average Bonchev–Trinajstić information content (AvgIpc) is 2.41. The van der Waals surface area contributed by atoms with E-state index in [0.717, 1.165) is 9.13 Å². The molecule has 0 saturated heterocycles. The van der Waals surface area contributed by atoms with E-state index in [1.807, 2.05) is 41.6 Å². The first-order chi connectivity index (χ1) is 9.47. The van der Waals surface area contributed by atoms with Crippen LogP contribution in [0.25, 0.3) is 0 Å². The molecule has 4 nitrogen and oxygen atoms in total. The van der Waals surface area contributed by atoms with Gasteiger partial charge in [0.2, 0.25) is 0 Å². The molecule has 0 unspecified atom stereocenters. The van der Waals surface area contributed by atoms with Crippen molar-refractivity contribution in [2.45, 2.75) is 6.92 Å². The fourth-order valence-electron chi connectivity index (χ4n) is 1.70. The van der Waals surface area contributed by atoms with Gasteiger partial charge in [-0.25, -0.2) is 4.79 Å². The first kappa shape index (κ1) is 14.5. The third-order valence-electron chi connectivity index (χ3n) is 2.77. The monoisotopic (exact) mass is 381 g/mol. The number of nitrogens with one attached hydrogen (secondary N) is 1. The summed E-state index contributed by atoms with van der Waals surface area (Å²) in [6.45, 7) is 1.93. The van der Waals surface area contributed by atoms with Crippen LogP contribution in [-0.4, -0.2) is 17.0 Å². The number of carboxylic acids is 1. The lowest BCUT2D eigenvalue weighted by molar-refractivity contribution is 0.0698. The van der Waals surface area contributed by atoms with E-state index in [1.165, 1.54) is 6.07 Å². The quantitative estimate of drug-likeness (QED) is 0.800. The van der Waals surface area contributed by atoms with Crippen LogP contribution >= 0.6 is 22.6 Å². The van der Waals surface area contributed by atoms with E-state index in [1.54, 1.807) is 24.3 Å². The second-order valence-corrected chi connectivity index (χ2v) is 5.56. The number of carbonyl (C=O) groups excluding carboxylic acids is 1. The van der Waals surface area contributed by atoms with E-state index in [2.05, 4.69) is 5.32 Å². The van der Waals surface area contributed by atoms with Gasteiger partial charge in [0, 0.05) is 9.13 Å². The zero-order valence-corrected chi connectivity index (χ0v) is 12.8. The molecule has 2 aromatic carbocycles. The average molecular weight is 381 g/mol. The Morgan fingerprint density at radius 3 is 2.35 bits per heavy atom. The second-order valence-electron chi connectivity index (χ2n) is 4.32. The molecule has 0 spiro atoms. The number of benzene rings is 2. The largest absolute Gasteiger partial charge is 0.478 e. The lowest BCUT2D eigenvalue weighted by atomic mass is 10.1. The predicted octanol–water partition coefficient (Wildman–Crippen LogP) is 3.55. The number of aromatic carboxylic acids is 1. The van der Waals surface area contributed by atoms with Gasteiger partial charge in [-0.05, 0) is 59.8 Å². The van der Waals surface area contributed by atoms with Crippen molar-refractivity contribution in [2.75, 3.05) is 5.32 Å². The summed E-state index contributed by atoms with van der Waals surface area (Å²) in [7, 11) is 0. The van der Waals surface area contributed by atoms with Crippen molar-refractivity contribution in [3.05, 3.63) is 62.7 Å². The van der Waals surface area contributed by atoms with E-state index in [4.69, 9.17) is 5.11 Å². The summed E-state index contributed by atoms with van der Waals surface area (Å²) in [5.74, 6) is -1.39. The molecule has 0 radical (unpaired) electrons. The van der Waals surface area contributed by atoms with Crippen molar-refractivity contribution >= 4 is 40.2 Å². The Morgan fingerprint density at radius 1 is 1.10 bits per heavy atom. The predicted molar refractivity (Wildman–Crippen MR) is 85.3 cm³/mol. The van der Waals surface area contributed by atoms with E-state index in [0.29, 0.717) is 11.3 Å². The highest BCUT2D eigenvalue weighted by atomic mass is 127. The maximum atomic E-state index is 12.1. The lowest BCUT2D eigenvalue weighted by Gasteiger charge is -2.09. The van der Waals surface area contributed by atoms with E-state index >= 15 is 0 Å². The van der Waals surface area contributed by atoms with Gasteiger partial charge in [0.1, 0.15) is 0 Å². The van der Waals surface area contributed by atoms with Gasteiger partial charge in [-0.3, -0.25) is 4.79 Å². The van der Waals surface area contributed by atoms with Gasteiger partial charge in [-0.2, -0.15) is 0 Å². The van der Waals surface area contributed by atoms with Crippen molar-refractivity contribution in [2.24, 2.45) is 0 Å². The molecule has 0 aliphatic rings. The highest BCUT2D eigenvalue weighted by molar-refractivity contribution is 14.1. The minimum absolute atomic E-state index is 0.0809. The molecule has 0 fully saturated rings. The zero-order valence-electron chi connectivity index (χ0n) is 10.7. The highest BCUT2D eigenvalue weighted by Crippen LogP contribution is 2.20. The number of halogens is 1. The molecule has 0 saturated carbocycles. The summed E-state index contributed by atoms with van der Waals surface area (Å²) in [5.41, 5.74) is 1.92. The summed E-state index contributed by atoms with van der Waals surface area (Å²) in [6.07, 6.45) is 0. The third kappa shape index (κ3) is 3.36. The molecule has 20 heavy (non-hydrogen) atoms. The SMILES string of the molecule is Cc1ccc(C(=O)Nc2ccc(I)cc2C(=O)O)cc1. The van der Waals surface area contributed by atoms with Gasteiger partial charge < -0.3 is 10.4 Å². The number of hydrogen-bond acceptors (Lipinski definition) is 2. The smallest absolute Gasteiger partial charge is 0.337 e. The highest BCUT2D eigenvalue weighted by Gasteiger charge is 2.13. The Bertz CT molecular complexity index is 665. The maximum Gasteiger partial charge on any atom is 0.337 e. The summed E-state index contributed by atoms with van der Waals surface area (Å²) in [4.78, 5) is 23.3. The molecule has 2 aromatic rings. The molecule has 0 aliphatic heterocycles. The van der Waals surface area contributed by atoms with E-state index in [-0.39, 0.29) is 11.5 Å². The minimum atomic E-state index is -1.07. The van der Waals surface area contributed by atoms with Crippen LogP contribution in [0.4, 0.5) is 5.69 Å². The van der Waals surface area contributed by atoms with Crippen molar-refractivity contribution in [3.63, 3.8) is 0 Å². The van der Waals surface area contributed by atoms with Crippen LogP contribution in [0.5, 0.6) is 0 Å². The Balaban J connectivity index is 2.28. The van der Waals surface area contributed by atoms with Crippen molar-refractivity contribution in [1.82, 2.24) is 0 Å². The summed E-state index contributed by atoms with van der Waals surface area (Å²) in [6, 6.07) is 11.9. The summed E-state index contributed by atoms with van der Waals surface area (Å²) < 4.78 is 0.799. The molecule has 0 bridgehead atoms. The van der Waals surface area contributed by atoms with Crippen LogP contribution < -0.4 is 5.32 Å². The second kappa shape index (κ2) is 6.04. The lowest BCUT2D eigenvalue weighted by Crippen LogP contribution is -2.14. The van der Waals surface area contributed by atoms with Crippen LogP contribution in [0, 0.1) is 10.5 Å². The normalized spacial score (nSPS) is 10.1. The molecule has 0 heterocycles. The number of anilines is 1. The first-order valence-electron chi connectivity index (χ1n) is 5.88. The van der Waals surface area contributed by atoms with Crippen LogP contribution in [0.1, 0.15) is 26.3 Å². The Hall–Kier alpha value is -1.89. The molecular formula is C15H12INO3. The van der Waals surface area contributed by atoms with Gasteiger partial charge in [0.25, 0.3) is 5.91 Å². The van der Waals surface area contributed by atoms with Gasteiger partial charge in [-0.15, -0.1) is 0 Å². The number of rotatable bonds is 3. The molecule has 2 rings (SSSR count). The minimum Gasteiger partial charge on any atom is -0.478 e. The fraction of sp³-hybridized carbons (Fsp3) is 0.0667. The van der Waals surface area contributed by atoms with Crippen molar-refractivity contribution < 1.29 is 14.7 Å². The first-order valence-corrected chi connectivity index (χ1v) is 6.96. The molecular weight excluding hydrogens is 369 g/mol. The third-order valence-corrected chi connectivity index (χ3v) is 3.44. The van der Waals surface area contributed by atoms with Crippen LogP contribution in [0.15, 0.2) is 42.5 Å². The van der Waals surface area contributed by atoms with E-state index < -0.39 is 5.97 Å². The van der Waals surface area contributed by atoms with Gasteiger partial charge in [0.05, 0.1) is 11.3 Å². The van der Waals surface area contributed by atoms with Crippen LogP contribution in [0.3, 0.4) is 0 Å². The summed E-state index contributed by atoms with van der Waals surface area (Å²) in [5, 5.41) is 11.8. The Morgan fingerprint density at radius 2 is 1.75 bits per heavy atom. The van der Waals surface area contributed by atoms with Gasteiger partial charge in [0.15, 0.2) is 0 Å². The Kier molecular flexibility index (Phi) is 4.39. The van der Waals surface area contributed by atoms with Crippen LogP contribution in [0.2, 0.25) is 0 Å². The number of aryl methyl sites for hydroxylation is 1. The molecule has 0 atom stereocenters. The van der Waals surface area contributed by atoms with Crippen molar-refractivity contribution in [1.29, 1.82) is 0 Å². The Labute approximate surface area is 130 Å². The molecule has 0 aromatic heterocycles. The number of carboxylic acid groups (broad SMARTS) is 1. The van der Waals surface area contributed by atoms with Crippen LogP contribution in [-0.2, 0) is 0 Å². The number of hydrogen-bond donors (Lipinski definition) is 2. The zero-order chi connectivity index (χ0) is 14.7. The van der Waals surface area contributed by atoms with Gasteiger partial charge >= 0.3 is 5.97 Å². The molecule has 102 valence electrons. The van der Waals surface area contributed by atoms with Crippen molar-refractivity contribution in [3.8, 4) is 0 Å².